The average Bonchev–Trinajstić information content (AvgIpc) is 2.82. The van der Waals surface area contributed by atoms with Crippen LogP contribution >= 0.6 is 0 Å². The lowest BCUT2D eigenvalue weighted by molar-refractivity contribution is -0.279. The summed E-state index contributed by atoms with van der Waals surface area (Å²) in [7, 11) is 0. The van der Waals surface area contributed by atoms with E-state index >= 15 is 0 Å². The first-order valence-electron chi connectivity index (χ1n) is 12.6. The molecule has 31 heavy (non-hydrogen) atoms. The normalized spacial score (nSPS) is 29.1. The van der Waals surface area contributed by atoms with Crippen molar-refractivity contribution in [1.29, 1.82) is 0 Å². The van der Waals surface area contributed by atoms with Crippen LogP contribution in [0.1, 0.15) is 89.2 Å². The van der Waals surface area contributed by atoms with Gasteiger partial charge in [0.2, 0.25) is 0 Å². The molecule has 0 atom stereocenters. The molecular formula is C29H40O2. The van der Waals surface area contributed by atoms with Crippen LogP contribution in [0.25, 0.3) is 11.1 Å². The van der Waals surface area contributed by atoms with Gasteiger partial charge in [0.15, 0.2) is 5.79 Å². The maximum Gasteiger partial charge on any atom is 0.191 e. The largest absolute Gasteiger partial charge is 0.346 e. The van der Waals surface area contributed by atoms with E-state index < -0.39 is 5.79 Å². The lowest BCUT2D eigenvalue weighted by Crippen LogP contribution is -2.38. The van der Waals surface area contributed by atoms with Crippen LogP contribution in [0.3, 0.4) is 0 Å². The highest BCUT2D eigenvalue weighted by atomic mass is 16.7. The number of rotatable bonds is 7. The SMILES string of the molecule is CCCCCC1CCC(c2ccc(-c3ccc(C4(C)OCC(C)CO4)cc3)cc2)CC1. The van der Waals surface area contributed by atoms with Crippen molar-refractivity contribution in [3.8, 4) is 11.1 Å². The molecule has 168 valence electrons. The zero-order valence-electron chi connectivity index (χ0n) is 19.7. The topological polar surface area (TPSA) is 18.5 Å². The molecule has 1 aliphatic carbocycles. The van der Waals surface area contributed by atoms with E-state index in [-0.39, 0.29) is 0 Å². The Morgan fingerprint density at radius 2 is 1.39 bits per heavy atom. The van der Waals surface area contributed by atoms with E-state index in [9.17, 15) is 0 Å². The van der Waals surface area contributed by atoms with Gasteiger partial charge in [0.05, 0.1) is 13.2 Å². The van der Waals surface area contributed by atoms with Crippen LogP contribution < -0.4 is 0 Å². The number of hydrogen-bond donors (Lipinski definition) is 0. The monoisotopic (exact) mass is 420 g/mol. The van der Waals surface area contributed by atoms with E-state index in [2.05, 4.69) is 62.4 Å². The van der Waals surface area contributed by atoms with Gasteiger partial charge in [-0.25, -0.2) is 0 Å². The van der Waals surface area contributed by atoms with Gasteiger partial charge in [0.25, 0.3) is 0 Å². The molecule has 1 saturated carbocycles. The van der Waals surface area contributed by atoms with Crippen molar-refractivity contribution in [3.63, 3.8) is 0 Å². The first kappa shape index (κ1) is 22.6. The van der Waals surface area contributed by atoms with Gasteiger partial charge in [0, 0.05) is 11.5 Å². The Hall–Kier alpha value is -1.64. The summed E-state index contributed by atoms with van der Waals surface area (Å²) in [6.45, 7) is 7.99. The third-order valence-electron chi connectivity index (χ3n) is 7.47. The van der Waals surface area contributed by atoms with Gasteiger partial charge in [-0.1, -0.05) is 88.1 Å². The minimum Gasteiger partial charge on any atom is -0.346 e. The summed E-state index contributed by atoms with van der Waals surface area (Å²) in [5.41, 5.74) is 5.16. The Morgan fingerprint density at radius 1 is 0.806 bits per heavy atom. The minimum absolute atomic E-state index is 0.460. The molecular weight excluding hydrogens is 380 g/mol. The van der Waals surface area contributed by atoms with Crippen LogP contribution in [0, 0.1) is 11.8 Å². The lowest BCUT2D eigenvalue weighted by Gasteiger charge is -2.37. The fourth-order valence-corrected chi connectivity index (χ4v) is 5.24. The third kappa shape index (κ3) is 5.59. The smallest absolute Gasteiger partial charge is 0.191 e. The summed E-state index contributed by atoms with van der Waals surface area (Å²) in [4.78, 5) is 0. The van der Waals surface area contributed by atoms with Gasteiger partial charge in [0.1, 0.15) is 0 Å². The highest BCUT2D eigenvalue weighted by molar-refractivity contribution is 5.64. The van der Waals surface area contributed by atoms with Crippen LogP contribution in [0.15, 0.2) is 48.5 Å². The van der Waals surface area contributed by atoms with Gasteiger partial charge < -0.3 is 9.47 Å². The first-order chi connectivity index (χ1) is 15.1. The zero-order chi connectivity index (χ0) is 21.7. The Balaban J connectivity index is 1.34. The third-order valence-corrected chi connectivity index (χ3v) is 7.47. The fraction of sp³-hybridized carbons (Fsp3) is 0.586. The number of unbranched alkanes of at least 4 members (excludes halogenated alkanes) is 2. The maximum atomic E-state index is 6.00. The van der Waals surface area contributed by atoms with E-state index in [4.69, 9.17) is 9.47 Å². The van der Waals surface area contributed by atoms with E-state index in [0.29, 0.717) is 5.92 Å². The van der Waals surface area contributed by atoms with E-state index in [1.54, 1.807) is 0 Å². The summed E-state index contributed by atoms with van der Waals surface area (Å²) >= 11 is 0. The van der Waals surface area contributed by atoms with E-state index in [0.717, 1.165) is 30.6 Å². The first-order valence-corrected chi connectivity index (χ1v) is 12.6. The standard InChI is InChI=1S/C29H40O2/c1-4-5-6-7-23-8-10-24(11-9-23)25-12-14-26(15-13-25)27-16-18-28(19-17-27)29(3)30-20-22(2)21-31-29/h12-19,22-24H,4-11,20-21H2,1-3H3. The maximum absolute atomic E-state index is 6.00. The highest BCUT2D eigenvalue weighted by Gasteiger charge is 2.33. The number of hydrogen-bond acceptors (Lipinski definition) is 2. The molecule has 2 aromatic rings. The van der Waals surface area contributed by atoms with Crippen LogP contribution in [-0.2, 0) is 15.3 Å². The molecule has 0 unspecified atom stereocenters. The summed E-state index contributed by atoms with van der Waals surface area (Å²) in [6.07, 6.45) is 11.2. The second kappa shape index (κ2) is 10.3. The van der Waals surface area contributed by atoms with Gasteiger partial charge in [-0.05, 0) is 61.1 Å². The highest BCUT2D eigenvalue weighted by Crippen LogP contribution is 2.38. The van der Waals surface area contributed by atoms with Crippen LogP contribution in [-0.4, -0.2) is 13.2 Å². The molecule has 2 aliphatic rings. The Morgan fingerprint density at radius 3 is 1.97 bits per heavy atom. The van der Waals surface area contributed by atoms with E-state index in [1.165, 1.54) is 68.1 Å². The van der Waals surface area contributed by atoms with Crippen molar-refractivity contribution >= 4 is 0 Å². The minimum atomic E-state index is -0.621. The van der Waals surface area contributed by atoms with Crippen molar-refractivity contribution < 1.29 is 9.47 Å². The van der Waals surface area contributed by atoms with Crippen LogP contribution in [0.5, 0.6) is 0 Å². The number of benzene rings is 2. The van der Waals surface area contributed by atoms with E-state index in [1.807, 2.05) is 6.92 Å². The predicted octanol–water partition coefficient (Wildman–Crippen LogP) is 8.06. The lowest BCUT2D eigenvalue weighted by atomic mass is 9.77. The van der Waals surface area contributed by atoms with Crippen molar-refractivity contribution in [1.82, 2.24) is 0 Å². The molecule has 2 heteroatoms. The molecule has 2 aromatic carbocycles. The molecule has 0 radical (unpaired) electrons. The van der Waals surface area contributed by atoms with Gasteiger partial charge in [-0.15, -0.1) is 0 Å². The summed E-state index contributed by atoms with van der Waals surface area (Å²) in [5.74, 6) is 1.57. The molecule has 0 N–H and O–H groups in total. The van der Waals surface area contributed by atoms with Gasteiger partial charge >= 0.3 is 0 Å². The quantitative estimate of drug-likeness (QED) is 0.422. The number of ether oxygens (including phenoxy) is 2. The van der Waals surface area contributed by atoms with Crippen LogP contribution in [0.4, 0.5) is 0 Å². The summed E-state index contributed by atoms with van der Waals surface area (Å²) in [6, 6.07) is 18.0. The molecule has 1 aliphatic heterocycles. The van der Waals surface area contributed by atoms with Crippen molar-refractivity contribution in [2.75, 3.05) is 13.2 Å². The molecule has 1 heterocycles. The van der Waals surface area contributed by atoms with Crippen molar-refractivity contribution in [2.24, 2.45) is 11.8 Å². The van der Waals surface area contributed by atoms with Crippen molar-refractivity contribution in [2.45, 2.75) is 83.8 Å². The van der Waals surface area contributed by atoms with Crippen LogP contribution in [0.2, 0.25) is 0 Å². The Labute approximate surface area is 189 Å². The second-order valence-corrected chi connectivity index (χ2v) is 10.1. The molecule has 2 fully saturated rings. The predicted molar refractivity (Wildman–Crippen MR) is 129 cm³/mol. The molecule has 2 nitrogen and oxygen atoms in total. The summed E-state index contributed by atoms with van der Waals surface area (Å²) < 4.78 is 12.0. The second-order valence-electron chi connectivity index (χ2n) is 10.1. The molecule has 0 bridgehead atoms. The summed E-state index contributed by atoms with van der Waals surface area (Å²) in [5, 5.41) is 0. The van der Waals surface area contributed by atoms with Crippen molar-refractivity contribution in [3.05, 3.63) is 59.7 Å². The molecule has 0 aromatic heterocycles. The van der Waals surface area contributed by atoms with Gasteiger partial charge in [-0.2, -0.15) is 0 Å². The Bertz CT molecular complexity index is 792. The zero-order valence-corrected chi connectivity index (χ0v) is 19.7. The Kier molecular flexibility index (Phi) is 7.51. The molecule has 4 rings (SSSR count). The average molecular weight is 421 g/mol. The van der Waals surface area contributed by atoms with Gasteiger partial charge in [-0.3, -0.25) is 0 Å². The molecule has 0 spiro atoms. The molecule has 0 amide bonds. The fourth-order valence-electron chi connectivity index (χ4n) is 5.24. The molecule has 1 saturated heterocycles.